The summed E-state index contributed by atoms with van der Waals surface area (Å²) in [6.45, 7) is 8.22. The minimum absolute atomic E-state index is 0.00679. The molecule has 0 amide bonds. The number of aromatic hydroxyl groups is 1. The Bertz CT molecular complexity index is 2680. The van der Waals surface area contributed by atoms with E-state index >= 15 is 0 Å². The summed E-state index contributed by atoms with van der Waals surface area (Å²) in [7, 11) is 0. The SMILES string of the molecule is CCCCCCCCCCCCCCCC(=O)OCI.CCCCCCCCCCCCCCCC(=O)OCOc1ccc2c3c1O[C@H]1C(=O)CC[C@@]4(O)C(C2)N(CC2CC2)CC[C@]314.O=C1CC[C@@]2(O)C3Cc4ccc(O)c5c4[C@@]2(CCN3CC2CC2)[C@H]1O5. The third-order valence-electron chi connectivity index (χ3n) is 22.7. The van der Waals surface area contributed by atoms with Crippen molar-refractivity contribution in [3.63, 3.8) is 0 Å². The van der Waals surface area contributed by atoms with Gasteiger partial charge in [-0.25, -0.2) is 0 Å². The molecule has 2 aromatic rings. The quantitative estimate of drug-likeness (QED) is 0.0193. The molecule has 0 aromatic heterocycles. The zero-order chi connectivity index (χ0) is 62.4. The van der Waals surface area contributed by atoms with E-state index in [4.69, 9.17) is 23.7 Å². The first-order valence-electron chi connectivity index (χ1n) is 36.2. The third kappa shape index (κ3) is 15.4. The second-order valence-corrected chi connectivity index (χ2v) is 29.4. The van der Waals surface area contributed by atoms with Gasteiger partial charge in [-0.2, -0.15) is 0 Å². The Kier molecular flexibility index (Phi) is 24.6. The van der Waals surface area contributed by atoms with Crippen molar-refractivity contribution in [2.75, 3.05) is 37.6 Å². The normalized spacial score (nSPS) is 28.1. The van der Waals surface area contributed by atoms with Crippen LogP contribution in [-0.2, 0) is 52.3 Å². The monoisotopic (exact) mass is 1350 g/mol. The van der Waals surface area contributed by atoms with E-state index in [0.717, 1.165) is 98.8 Å². The third-order valence-corrected chi connectivity index (χ3v) is 23.0. The Morgan fingerprint density at radius 1 is 0.539 bits per heavy atom. The second kappa shape index (κ2) is 32.1. The first kappa shape index (κ1) is 68.4. The molecule has 496 valence electrons. The number of nitrogens with zero attached hydrogens (tertiary/aromatic N) is 2. The summed E-state index contributed by atoms with van der Waals surface area (Å²) in [6, 6.07) is 7.66. The van der Waals surface area contributed by atoms with Gasteiger partial charge in [0.1, 0.15) is 4.61 Å². The molecule has 2 spiro atoms. The summed E-state index contributed by atoms with van der Waals surface area (Å²) >= 11 is 2.06. The molecule has 2 unspecified atom stereocenters. The number of phenolic OH excluding ortho intramolecular Hbond substituents is 1. The number of carbonyl (C=O) groups excluding carboxylic acids is 4. The van der Waals surface area contributed by atoms with Crippen LogP contribution in [0.5, 0.6) is 23.0 Å². The molecule has 14 nitrogen and oxygen atoms in total. The van der Waals surface area contributed by atoms with E-state index in [1.807, 2.05) is 12.1 Å². The number of ketones is 2. The van der Waals surface area contributed by atoms with Crippen molar-refractivity contribution in [3.8, 4) is 23.0 Å². The molecule has 4 bridgehead atoms. The number of hydrogen-bond acceptors (Lipinski definition) is 14. The fourth-order valence-corrected chi connectivity index (χ4v) is 17.9. The van der Waals surface area contributed by atoms with Crippen LogP contribution in [0.15, 0.2) is 24.3 Å². The summed E-state index contributed by atoms with van der Waals surface area (Å²) < 4.78 is 29.3. The molecule has 2 saturated heterocycles. The Labute approximate surface area is 546 Å². The van der Waals surface area contributed by atoms with Crippen LogP contribution in [0.2, 0.25) is 0 Å². The van der Waals surface area contributed by atoms with Gasteiger partial charge in [-0.05, 0) is 148 Å². The highest BCUT2D eigenvalue weighted by Gasteiger charge is 2.75. The Hall–Kier alpha value is -3.51. The number of unbranched alkanes of at least 4 members (excludes halogenated alkanes) is 24. The van der Waals surface area contributed by atoms with Gasteiger partial charge < -0.3 is 39.0 Å². The molecule has 4 saturated carbocycles. The predicted molar refractivity (Wildman–Crippen MR) is 355 cm³/mol. The standard InChI is InChI=1S/C37H55NO6.C20H23NO4.C17H33IO2/c1-2-3-4-5-6-7-8-9-10-11-12-13-14-15-32(40)43-26-42-30-19-18-28-24-31-37(41)21-20-29(39)35-36(37,33(28)34(30)44-35)22-23-38(31)25-27-16-17-27;22-13-4-3-12-9-15-20(24)6-5-14(23)18-19(20,16(12)17(13)25-18)7-8-21(15)10-11-1-2-11;1-2-3-4-5-6-7-8-9-10-11-12-13-14-15-17(19)20-16-18/h18-19,27,31,35,41H,2-17,20-26H2,1H3;3-4,11,15,18,22,24H,1-2,5-10H2;2-16H2,1H3/t31?,35-,36-,37+;15?,18-,19-,20+;/m00./s1. The number of carbonyl (C=O) groups is 4. The van der Waals surface area contributed by atoms with Gasteiger partial charge in [0.15, 0.2) is 46.8 Å². The van der Waals surface area contributed by atoms with Gasteiger partial charge in [0.2, 0.25) is 6.79 Å². The maximum absolute atomic E-state index is 13.3. The molecular weight excluding hydrogens is 1240 g/mol. The van der Waals surface area contributed by atoms with Gasteiger partial charge >= 0.3 is 11.9 Å². The molecule has 12 rings (SSSR count). The van der Waals surface area contributed by atoms with Gasteiger partial charge in [0.05, 0.1) is 22.0 Å². The van der Waals surface area contributed by atoms with E-state index in [1.165, 1.54) is 173 Å². The topological polar surface area (TPSA) is 182 Å². The van der Waals surface area contributed by atoms with Gasteiger partial charge in [-0.3, -0.25) is 29.0 Å². The number of likely N-dealkylation sites (tertiary alicyclic amines) is 2. The molecule has 89 heavy (non-hydrogen) atoms. The maximum Gasteiger partial charge on any atom is 0.308 e. The Morgan fingerprint density at radius 3 is 1.36 bits per heavy atom. The number of alkyl halides is 1. The van der Waals surface area contributed by atoms with Crippen molar-refractivity contribution >= 4 is 46.1 Å². The van der Waals surface area contributed by atoms with Crippen LogP contribution in [0, 0.1) is 11.8 Å². The van der Waals surface area contributed by atoms with E-state index in [1.54, 1.807) is 6.07 Å². The zero-order valence-electron chi connectivity index (χ0n) is 54.6. The van der Waals surface area contributed by atoms with Crippen LogP contribution >= 0.6 is 22.6 Å². The van der Waals surface area contributed by atoms with E-state index in [2.05, 4.69) is 52.3 Å². The van der Waals surface area contributed by atoms with Crippen molar-refractivity contribution in [1.82, 2.24) is 9.80 Å². The summed E-state index contributed by atoms with van der Waals surface area (Å²) in [6.07, 6.45) is 43.4. The molecular formula is C74H111IN2O12. The minimum atomic E-state index is -0.990. The fourth-order valence-electron chi connectivity index (χ4n) is 17.6. The van der Waals surface area contributed by atoms with Crippen LogP contribution < -0.4 is 14.2 Å². The fraction of sp³-hybridized carbons (Fsp3) is 0.784. The summed E-state index contributed by atoms with van der Waals surface area (Å²) in [5.41, 5.74) is 0.862. The molecule has 6 aliphatic carbocycles. The number of piperidine rings is 2. The number of aliphatic hydroxyl groups is 2. The van der Waals surface area contributed by atoms with Crippen molar-refractivity contribution < 1.29 is 58.2 Å². The molecule has 15 heteroatoms. The average Bonchev–Trinajstić information content (AvgIpc) is 1.62. The highest BCUT2D eigenvalue weighted by Crippen LogP contribution is 2.67. The van der Waals surface area contributed by atoms with Crippen molar-refractivity contribution in [3.05, 3.63) is 46.5 Å². The zero-order valence-corrected chi connectivity index (χ0v) is 56.7. The number of hydrogen-bond donors (Lipinski definition) is 3. The van der Waals surface area contributed by atoms with Crippen LogP contribution in [0.3, 0.4) is 0 Å². The lowest BCUT2D eigenvalue weighted by Gasteiger charge is -2.62. The lowest BCUT2D eigenvalue weighted by atomic mass is 9.49. The number of Topliss-reactive ketones (excluding diaryl/α,β-unsaturated/α-hetero) is 2. The highest BCUT2D eigenvalue weighted by atomic mass is 127. The summed E-state index contributed by atoms with van der Waals surface area (Å²) in [4.78, 5) is 54.5. The minimum Gasteiger partial charge on any atom is -0.504 e. The van der Waals surface area contributed by atoms with Crippen molar-refractivity contribution in [2.45, 2.75) is 317 Å². The Morgan fingerprint density at radius 2 is 0.933 bits per heavy atom. The van der Waals surface area contributed by atoms with Gasteiger partial charge in [-0.1, -0.05) is 180 Å². The van der Waals surface area contributed by atoms with E-state index in [0.29, 0.717) is 66.8 Å². The van der Waals surface area contributed by atoms with E-state index in [-0.39, 0.29) is 48.1 Å². The van der Waals surface area contributed by atoms with E-state index < -0.39 is 34.2 Å². The van der Waals surface area contributed by atoms with Gasteiger partial charge in [0, 0.05) is 62.0 Å². The predicted octanol–water partition coefficient (Wildman–Crippen LogP) is 15.1. The maximum atomic E-state index is 13.3. The van der Waals surface area contributed by atoms with Gasteiger partial charge in [-0.15, -0.1) is 0 Å². The van der Waals surface area contributed by atoms with Gasteiger partial charge in [0.25, 0.3) is 0 Å². The number of rotatable bonds is 36. The molecule has 8 atom stereocenters. The van der Waals surface area contributed by atoms with E-state index in [9.17, 15) is 34.5 Å². The van der Waals surface area contributed by atoms with Crippen LogP contribution in [0.25, 0.3) is 0 Å². The molecule has 2 aromatic carbocycles. The lowest BCUT2D eigenvalue weighted by Crippen LogP contribution is -2.76. The molecule has 4 heterocycles. The number of esters is 2. The van der Waals surface area contributed by atoms with Crippen LogP contribution in [-0.4, -0.2) is 122 Å². The highest BCUT2D eigenvalue weighted by molar-refractivity contribution is 14.1. The lowest BCUT2D eigenvalue weighted by molar-refractivity contribution is -0.188. The first-order chi connectivity index (χ1) is 43.3. The number of phenols is 1. The molecule has 10 aliphatic rings. The Balaban J connectivity index is 0.000000163. The van der Waals surface area contributed by atoms with Crippen LogP contribution in [0.4, 0.5) is 0 Å². The number of benzene rings is 2. The molecule has 0 radical (unpaired) electrons. The smallest absolute Gasteiger partial charge is 0.308 e. The van der Waals surface area contributed by atoms with Crippen molar-refractivity contribution in [1.29, 1.82) is 0 Å². The number of halogens is 1. The largest absolute Gasteiger partial charge is 0.504 e. The summed E-state index contributed by atoms with van der Waals surface area (Å²) in [5.74, 6) is 2.99. The first-order valence-corrected chi connectivity index (χ1v) is 37.7. The number of ether oxygens (including phenoxy) is 5. The van der Waals surface area contributed by atoms with Crippen LogP contribution in [0.1, 0.15) is 280 Å². The summed E-state index contributed by atoms with van der Waals surface area (Å²) in [5, 5.41) is 34.7. The second-order valence-electron chi connectivity index (χ2n) is 28.8. The molecule has 6 fully saturated rings. The molecule has 4 aliphatic heterocycles. The van der Waals surface area contributed by atoms with Crippen molar-refractivity contribution in [2.24, 2.45) is 11.8 Å². The average molecular weight is 1350 g/mol. The molecule has 3 N–H and O–H groups in total.